The van der Waals surface area contributed by atoms with Gasteiger partial charge in [-0.25, -0.2) is 4.98 Å². The van der Waals surface area contributed by atoms with Gasteiger partial charge in [0.05, 0.1) is 16.9 Å². The molecule has 1 aromatic heterocycles. The Kier molecular flexibility index (Phi) is 11.9. The summed E-state index contributed by atoms with van der Waals surface area (Å²) in [7, 11) is 0. The lowest BCUT2D eigenvalue weighted by Gasteiger charge is -2.32. The minimum absolute atomic E-state index is 0. The third kappa shape index (κ3) is 8.07. The summed E-state index contributed by atoms with van der Waals surface area (Å²) in [4.78, 5) is 21.7. The number of nitrogens with one attached hydrogen (secondary N) is 2. The number of halogens is 2. The number of fused-ring (bicyclic) bond motifs is 1. The van der Waals surface area contributed by atoms with Gasteiger partial charge in [-0.05, 0) is 68.7 Å². The number of amides is 1. The van der Waals surface area contributed by atoms with Crippen molar-refractivity contribution in [1.82, 2.24) is 19.4 Å². The first-order valence-corrected chi connectivity index (χ1v) is 14.2. The van der Waals surface area contributed by atoms with E-state index in [0.717, 1.165) is 74.5 Å². The number of nitrogens with two attached hydrogens (primary N) is 1. The second-order valence-electron chi connectivity index (χ2n) is 10.6. The molecule has 0 aliphatic carbocycles. The summed E-state index contributed by atoms with van der Waals surface area (Å²) in [5.41, 5.74) is 7.94. The maximum absolute atomic E-state index is 12.9. The minimum Gasteiger partial charge on any atom is -0.490 e. The smallest absolute Gasteiger partial charge is 0.224 e. The third-order valence-corrected chi connectivity index (χ3v) is 7.81. The maximum Gasteiger partial charge on any atom is 0.224 e. The number of nitrogen functional groups attached to an aromatic ring is 1. The van der Waals surface area contributed by atoms with Gasteiger partial charge >= 0.3 is 0 Å². The van der Waals surface area contributed by atoms with Crippen molar-refractivity contribution in [1.29, 1.82) is 10.8 Å². The molecule has 0 saturated carbocycles. The highest BCUT2D eigenvalue weighted by Gasteiger charge is 2.21. The molecule has 0 atom stereocenters. The van der Waals surface area contributed by atoms with E-state index < -0.39 is 0 Å². The van der Waals surface area contributed by atoms with Crippen molar-refractivity contribution in [2.45, 2.75) is 64.7 Å². The van der Waals surface area contributed by atoms with E-state index in [2.05, 4.69) is 4.90 Å². The highest BCUT2D eigenvalue weighted by Crippen LogP contribution is 2.24. The molecule has 5 rings (SSSR count). The molecule has 2 aliphatic rings. The molecule has 1 amide bonds. The number of ether oxygens (including phenoxy) is 2. The lowest BCUT2D eigenvalue weighted by molar-refractivity contribution is -0.132. The van der Waals surface area contributed by atoms with Crippen LogP contribution in [0.1, 0.15) is 56.8 Å². The molecule has 0 unspecified atom stereocenters. The summed E-state index contributed by atoms with van der Waals surface area (Å²) in [6.45, 7) is 5.94. The molecule has 2 saturated heterocycles. The third-order valence-electron chi connectivity index (χ3n) is 7.81. The number of hydrogen-bond donors (Lipinski definition) is 3. The van der Waals surface area contributed by atoms with Crippen LogP contribution in [0.3, 0.4) is 0 Å². The normalized spacial score (nSPS) is 15.5. The Morgan fingerprint density at radius 1 is 0.952 bits per heavy atom. The maximum atomic E-state index is 12.9. The number of nitrogens with zero attached hydrogens (tertiary/aromatic N) is 4. The molecular formula is C30H41Cl2N7O3. The monoisotopic (exact) mass is 617 g/mol. The Bertz CT molecular complexity index is 1370. The standard InChI is InChI=1S/C30H39N7O3.2ClH/c1-21(31)35-16-11-25(12-17-35)40-24-8-6-23(7-9-24)39-20-28-34-26-19-22(30(32)33)5-10-27(26)37(28)18-13-29(38)36-14-3-2-4-15-36;;/h5-10,19,25,31H,2-4,11-18,20H2,1H3,(H3,32,33);2*1H. The number of carbonyl (C=O) groups excluding carboxylic acids is 1. The number of likely N-dealkylation sites (tertiary alicyclic amines) is 2. The van der Waals surface area contributed by atoms with E-state index in [4.69, 9.17) is 31.0 Å². The average molecular weight is 619 g/mol. The number of piperidine rings is 2. The Labute approximate surface area is 259 Å². The Hall–Kier alpha value is -3.50. The molecule has 2 aromatic carbocycles. The highest BCUT2D eigenvalue weighted by atomic mass is 35.5. The van der Waals surface area contributed by atoms with Gasteiger partial charge in [-0.1, -0.05) is 0 Å². The zero-order chi connectivity index (χ0) is 28.1. The highest BCUT2D eigenvalue weighted by molar-refractivity contribution is 5.98. The lowest BCUT2D eigenvalue weighted by atomic mass is 10.1. The molecular weight excluding hydrogens is 577 g/mol. The molecule has 12 heteroatoms. The molecule has 0 bridgehead atoms. The van der Waals surface area contributed by atoms with Crippen LogP contribution in [0.15, 0.2) is 42.5 Å². The summed E-state index contributed by atoms with van der Waals surface area (Å²) < 4.78 is 14.3. The minimum atomic E-state index is -0.00720. The van der Waals surface area contributed by atoms with Crippen molar-refractivity contribution < 1.29 is 14.3 Å². The van der Waals surface area contributed by atoms with Gasteiger partial charge in [0.2, 0.25) is 5.91 Å². The zero-order valence-corrected chi connectivity index (χ0v) is 25.6. The first-order valence-electron chi connectivity index (χ1n) is 14.2. The van der Waals surface area contributed by atoms with Crippen molar-refractivity contribution in [2.24, 2.45) is 5.73 Å². The SMILES string of the molecule is CC(=N)N1CCC(Oc2ccc(OCc3nc4cc(C(=N)N)ccc4n3CCC(=O)N3CCCCC3)cc2)CC1.Cl.Cl. The molecule has 3 heterocycles. The Balaban J connectivity index is 0.00000242. The molecule has 0 radical (unpaired) electrons. The van der Waals surface area contributed by atoms with Crippen LogP contribution in [-0.4, -0.2) is 69.2 Å². The summed E-state index contributed by atoms with van der Waals surface area (Å²) in [5, 5.41) is 15.6. The van der Waals surface area contributed by atoms with E-state index in [-0.39, 0.29) is 49.3 Å². The van der Waals surface area contributed by atoms with Crippen LogP contribution in [0.4, 0.5) is 0 Å². The first-order chi connectivity index (χ1) is 19.4. The van der Waals surface area contributed by atoms with Crippen LogP contribution in [-0.2, 0) is 17.9 Å². The van der Waals surface area contributed by atoms with E-state index in [0.29, 0.717) is 30.1 Å². The van der Waals surface area contributed by atoms with E-state index >= 15 is 0 Å². The Morgan fingerprint density at radius 3 is 2.26 bits per heavy atom. The van der Waals surface area contributed by atoms with Gasteiger partial charge in [0.1, 0.15) is 35.9 Å². The largest absolute Gasteiger partial charge is 0.490 e. The number of carbonyl (C=O) groups is 1. The number of aryl methyl sites for hydroxylation is 1. The van der Waals surface area contributed by atoms with Crippen LogP contribution in [0.25, 0.3) is 11.0 Å². The van der Waals surface area contributed by atoms with Gasteiger partial charge in [-0.15, -0.1) is 24.8 Å². The summed E-state index contributed by atoms with van der Waals surface area (Å²) in [6, 6.07) is 13.2. The fourth-order valence-electron chi connectivity index (χ4n) is 5.48. The first kappa shape index (κ1) is 33.0. The van der Waals surface area contributed by atoms with E-state index in [1.54, 1.807) is 0 Å². The molecule has 2 fully saturated rings. The van der Waals surface area contributed by atoms with Gasteiger partial charge in [0, 0.05) is 57.5 Å². The van der Waals surface area contributed by atoms with Crippen LogP contribution < -0.4 is 15.2 Å². The van der Waals surface area contributed by atoms with Crippen molar-refractivity contribution in [3.63, 3.8) is 0 Å². The van der Waals surface area contributed by atoms with Crippen LogP contribution >= 0.6 is 24.8 Å². The fourth-order valence-corrected chi connectivity index (χ4v) is 5.48. The summed E-state index contributed by atoms with van der Waals surface area (Å²) >= 11 is 0. The topological polar surface area (TPSA) is 134 Å². The second-order valence-corrected chi connectivity index (χ2v) is 10.6. The molecule has 2 aliphatic heterocycles. The molecule has 42 heavy (non-hydrogen) atoms. The number of rotatable bonds is 9. The van der Waals surface area contributed by atoms with Gasteiger partial charge in [-0.2, -0.15) is 0 Å². The van der Waals surface area contributed by atoms with Crippen molar-refractivity contribution in [3.05, 3.63) is 53.9 Å². The van der Waals surface area contributed by atoms with Gasteiger partial charge in [0.25, 0.3) is 0 Å². The molecule has 228 valence electrons. The average Bonchev–Trinajstić information content (AvgIpc) is 3.32. The zero-order valence-electron chi connectivity index (χ0n) is 24.0. The molecule has 0 spiro atoms. The van der Waals surface area contributed by atoms with Gasteiger partial charge < -0.3 is 29.6 Å². The molecule has 4 N–H and O–H groups in total. The van der Waals surface area contributed by atoms with Crippen molar-refractivity contribution in [3.8, 4) is 11.5 Å². The van der Waals surface area contributed by atoms with Crippen LogP contribution in [0, 0.1) is 10.8 Å². The lowest BCUT2D eigenvalue weighted by Crippen LogP contribution is -2.40. The van der Waals surface area contributed by atoms with Crippen LogP contribution in [0.2, 0.25) is 0 Å². The van der Waals surface area contributed by atoms with Gasteiger partial charge in [0.15, 0.2) is 0 Å². The number of aromatic nitrogens is 2. The molecule has 3 aromatic rings. The summed E-state index contributed by atoms with van der Waals surface area (Å²) in [5.74, 6) is 3.00. The predicted octanol–water partition coefficient (Wildman–Crippen LogP) is 4.99. The second kappa shape index (κ2) is 15.1. The number of benzene rings is 2. The predicted molar refractivity (Wildman–Crippen MR) is 170 cm³/mol. The van der Waals surface area contributed by atoms with E-state index in [1.165, 1.54) is 6.42 Å². The van der Waals surface area contributed by atoms with Crippen LogP contribution in [0.5, 0.6) is 11.5 Å². The molecule has 10 nitrogen and oxygen atoms in total. The van der Waals surface area contributed by atoms with E-state index in [1.807, 2.05) is 58.9 Å². The Morgan fingerprint density at radius 2 is 1.62 bits per heavy atom. The van der Waals surface area contributed by atoms with Crippen molar-refractivity contribution >= 4 is 53.4 Å². The quantitative estimate of drug-likeness (QED) is 0.229. The van der Waals surface area contributed by atoms with E-state index in [9.17, 15) is 4.79 Å². The van der Waals surface area contributed by atoms with Crippen molar-refractivity contribution in [2.75, 3.05) is 26.2 Å². The summed E-state index contributed by atoms with van der Waals surface area (Å²) in [6.07, 6.45) is 5.67. The van der Waals surface area contributed by atoms with Gasteiger partial charge in [-0.3, -0.25) is 15.6 Å². The number of amidine groups is 2. The number of hydrogen-bond acceptors (Lipinski definition) is 6. The number of imidazole rings is 1. The fraction of sp³-hybridized carbons (Fsp3) is 0.467.